The van der Waals surface area contributed by atoms with Gasteiger partial charge in [-0.15, -0.1) is 0 Å². The molecule has 0 aliphatic carbocycles. The number of imidazole rings is 1. The molecule has 0 saturated heterocycles. The van der Waals surface area contributed by atoms with Crippen LogP contribution < -0.4 is 5.32 Å². The van der Waals surface area contributed by atoms with Gasteiger partial charge in [0.1, 0.15) is 5.65 Å². The van der Waals surface area contributed by atoms with Gasteiger partial charge in [0.15, 0.2) is 0 Å². The van der Waals surface area contributed by atoms with Gasteiger partial charge in [-0.25, -0.2) is 15.0 Å². The number of fused-ring (bicyclic) bond motifs is 1. The number of hydrogen-bond donors (Lipinski definition) is 2. The van der Waals surface area contributed by atoms with Crippen LogP contribution in [-0.2, 0) is 12.8 Å². The monoisotopic (exact) mass is 455 g/mol. The average molecular weight is 455 g/mol. The Kier molecular flexibility index (Phi) is 5.84. The standard InChI is InChI=1S/C24H24F3N5O/c1-23(2,3)14-29-22-28-9-7-18(30-22)21-20(16-5-4-6-17(12-16)24(25,26)27)31-19-11-15(13-33)8-10-32(19)21/h4-12,33H,13-14H2,1-3H3,(H,28,29,30). The van der Waals surface area contributed by atoms with Gasteiger partial charge in [-0.3, -0.25) is 4.40 Å². The molecule has 2 N–H and O–H groups in total. The lowest BCUT2D eigenvalue weighted by atomic mass is 9.97. The number of pyridine rings is 1. The van der Waals surface area contributed by atoms with Crippen LogP contribution in [0.3, 0.4) is 0 Å². The number of aromatic nitrogens is 4. The minimum Gasteiger partial charge on any atom is -0.392 e. The molecule has 4 aromatic rings. The molecule has 0 amide bonds. The molecule has 1 aromatic carbocycles. The highest BCUT2D eigenvalue weighted by Gasteiger charge is 2.31. The minimum atomic E-state index is -4.47. The number of benzene rings is 1. The summed E-state index contributed by atoms with van der Waals surface area (Å²) in [5, 5.41) is 12.7. The molecule has 6 nitrogen and oxygen atoms in total. The molecule has 0 radical (unpaired) electrons. The number of aliphatic hydroxyl groups excluding tert-OH is 1. The Morgan fingerprint density at radius 2 is 1.82 bits per heavy atom. The summed E-state index contributed by atoms with van der Waals surface area (Å²) in [5.41, 5.74) is 2.11. The van der Waals surface area contributed by atoms with Gasteiger partial charge in [0, 0.05) is 24.5 Å². The van der Waals surface area contributed by atoms with Crippen molar-refractivity contribution in [2.24, 2.45) is 5.41 Å². The summed E-state index contributed by atoms with van der Waals surface area (Å²) >= 11 is 0. The van der Waals surface area contributed by atoms with Crippen LogP contribution in [0.15, 0.2) is 54.9 Å². The van der Waals surface area contributed by atoms with Gasteiger partial charge >= 0.3 is 6.18 Å². The van der Waals surface area contributed by atoms with E-state index >= 15 is 0 Å². The normalized spacial score (nSPS) is 12.3. The van der Waals surface area contributed by atoms with Crippen LogP contribution in [0.2, 0.25) is 0 Å². The summed E-state index contributed by atoms with van der Waals surface area (Å²) in [7, 11) is 0. The Balaban J connectivity index is 1.89. The molecule has 172 valence electrons. The second-order valence-electron chi connectivity index (χ2n) is 8.99. The van der Waals surface area contributed by atoms with Crippen LogP contribution in [-0.4, -0.2) is 31.0 Å². The number of alkyl halides is 3. The van der Waals surface area contributed by atoms with Gasteiger partial charge in [-0.1, -0.05) is 32.9 Å². The average Bonchev–Trinajstić information content (AvgIpc) is 3.15. The maximum Gasteiger partial charge on any atom is 0.416 e. The number of hydrogen-bond acceptors (Lipinski definition) is 5. The maximum atomic E-state index is 13.4. The molecule has 0 saturated carbocycles. The van der Waals surface area contributed by atoms with Gasteiger partial charge in [-0.2, -0.15) is 13.2 Å². The third-order valence-electron chi connectivity index (χ3n) is 5.01. The number of nitrogens with zero attached hydrogens (tertiary/aromatic N) is 4. The summed E-state index contributed by atoms with van der Waals surface area (Å²) in [6.07, 6.45) is -1.15. The molecule has 9 heteroatoms. The van der Waals surface area contributed by atoms with Gasteiger partial charge in [-0.05, 0) is 41.3 Å². The second kappa shape index (κ2) is 8.47. The lowest BCUT2D eigenvalue weighted by Crippen LogP contribution is -2.20. The third kappa shape index (κ3) is 4.98. The Bertz CT molecular complexity index is 1290. The zero-order valence-electron chi connectivity index (χ0n) is 18.5. The predicted octanol–water partition coefficient (Wildman–Crippen LogP) is 5.43. The van der Waals surface area contributed by atoms with E-state index < -0.39 is 11.7 Å². The molecule has 3 aromatic heterocycles. The van der Waals surface area contributed by atoms with Crippen molar-refractivity contribution in [3.63, 3.8) is 0 Å². The molecule has 0 atom stereocenters. The summed E-state index contributed by atoms with van der Waals surface area (Å²) < 4.78 is 41.8. The van der Waals surface area contributed by atoms with Crippen LogP contribution >= 0.6 is 0 Å². The zero-order valence-corrected chi connectivity index (χ0v) is 18.5. The summed E-state index contributed by atoms with van der Waals surface area (Å²) in [5.74, 6) is 0.416. The predicted molar refractivity (Wildman–Crippen MR) is 121 cm³/mol. The van der Waals surface area contributed by atoms with E-state index in [1.165, 1.54) is 6.07 Å². The summed E-state index contributed by atoms with van der Waals surface area (Å²) in [6.45, 7) is 6.71. The molecule has 33 heavy (non-hydrogen) atoms. The molecular formula is C24H24F3N5O. The SMILES string of the molecule is CC(C)(C)CNc1nccc(-c2c(-c3cccc(C(F)(F)F)c3)nc3cc(CO)ccn23)n1. The van der Waals surface area contributed by atoms with E-state index in [4.69, 9.17) is 0 Å². The van der Waals surface area contributed by atoms with Crippen molar-refractivity contribution < 1.29 is 18.3 Å². The Hall–Kier alpha value is -3.46. The van der Waals surface area contributed by atoms with E-state index in [1.54, 1.807) is 41.1 Å². The molecule has 0 aliphatic heterocycles. The third-order valence-corrected chi connectivity index (χ3v) is 5.01. The molecule has 0 unspecified atom stereocenters. The largest absolute Gasteiger partial charge is 0.416 e. The fourth-order valence-electron chi connectivity index (χ4n) is 3.39. The van der Waals surface area contributed by atoms with Crippen molar-refractivity contribution in [3.8, 4) is 22.6 Å². The number of halogens is 3. The molecule has 0 aliphatic rings. The molecule has 3 heterocycles. The first-order valence-corrected chi connectivity index (χ1v) is 10.4. The van der Waals surface area contributed by atoms with Crippen molar-refractivity contribution in [3.05, 3.63) is 66.0 Å². The van der Waals surface area contributed by atoms with Crippen LogP contribution in [0.4, 0.5) is 19.1 Å². The quantitative estimate of drug-likeness (QED) is 0.420. The fraction of sp³-hybridized carbons (Fsp3) is 0.292. The summed E-state index contributed by atoms with van der Waals surface area (Å²) in [6, 6.07) is 10.2. The first-order chi connectivity index (χ1) is 15.5. The zero-order chi connectivity index (χ0) is 23.8. The number of nitrogens with one attached hydrogen (secondary N) is 1. The molecule has 4 rings (SSSR count). The van der Waals surface area contributed by atoms with E-state index in [2.05, 4.69) is 41.0 Å². The molecule has 0 spiro atoms. The van der Waals surface area contributed by atoms with Crippen LogP contribution in [0.1, 0.15) is 31.9 Å². The van der Waals surface area contributed by atoms with E-state index in [0.29, 0.717) is 46.3 Å². The Morgan fingerprint density at radius 3 is 2.52 bits per heavy atom. The second-order valence-corrected chi connectivity index (χ2v) is 8.99. The van der Waals surface area contributed by atoms with Crippen LogP contribution in [0.25, 0.3) is 28.3 Å². The van der Waals surface area contributed by atoms with E-state index in [1.807, 2.05) is 0 Å². The molecule has 0 fully saturated rings. The molecule has 0 bridgehead atoms. The minimum absolute atomic E-state index is 0.00651. The highest BCUT2D eigenvalue weighted by atomic mass is 19.4. The van der Waals surface area contributed by atoms with E-state index in [9.17, 15) is 18.3 Å². The lowest BCUT2D eigenvalue weighted by molar-refractivity contribution is -0.137. The van der Waals surface area contributed by atoms with Crippen LogP contribution in [0.5, 0.6) is 0 Å². The maximum absolute atomic E-state index is 13.4. The highest BCUT2D eigenvalue weighted by molar-refractivity contribution is 5.81. The van der Waals surface area contributed by atoms with Gasteiger partial charge in [0.05, 0.1) is 29.3 Å². The van der Waals surface area contributed by atoms with E-state index in [-0.39, 0.29) is 12.0 Å². The number of anilines is 1. The van der Waals surface area contributed by atoms with Crippen molar-refractivity contribution >= 4 is 11.6 Å². The lowest BCUT2D eigenvalue weighted by Gasteiger charge is -2.18. The topological polar surface area (TPSA) is 75.3 Å². The van der Waals surface area contributed by atoms with Crippen molar-refractivity contribution in [2.75, 3.05) is 11.9 Å². The van der Waals surface area contributed by atoms with Crippen LogP contribution in [0, 0.1) is 5.41 Å². The Labute approximate surface area is 189 Å². The first-order valence-electron chi connectivity index (χ1n) is 10.4. The van der Waals surface area contributed by atoms with Crippen molar-refractivity contribution in [2.45, 2.75) is 33.6 Å². The summed E-state index contributed by atoms with van der Waals surface area (Å²) in [4.78, 5) is 13.5. The van der Waals surface area contributed by atoms with Gasteiger partial charge < -0.3 is 10.4 Å². The molecular weight excluding hydrogens is 431 g/mol. The highest BCUT2D eigenvalue weighted by Crippen LogP contribution is 2.36. The number of rotatable bonds is 5. The fourth-order valence-corrected chi connectivity index (χ4v) is 3.39. The number of aliphatic hydroxyl groups is 1. The van der Waals surface area contributed by atoms with Gasteiger partial charge in [0.25, 0.3) is 0 Å². The van der Waals surface area contributed by atoms with Crippen molar-refractivity contribution in [1.82, 2.24) is 19.4 Å². The Morgan fingerprint density at radius 1 is 1.03 bits per heavy atom. The first kappa shape index (κ1) is 22.7. The van der Waals surface area contributed by atoms with Gasteiger partial charge in [0.2, 0.25) is 5.95 Å². The smallest absolute Gasteiger partial charge is 0.392 e. The van der Waals surface area contributed by atoms with E-state index in [0.717, 1.165) is 12.1 Å². The van der Waals surface area contributed by atoms with Crippen molar-refractivity contribution in [1.29, 1.82) is 0 Å².